The van der Waals surface area contributed by atoms with Gasteiger partial charge in [-0.15, -0.1) is 0 Å². The van der Waals surface area contributed by atoms with E-state index in [1.807, 2.05) is 72.9 Å². The number of rotatable bonds is 14. The van der Waals surface area contributed by atoms with Gasteiger partial charge >= 0.3 is 0 Å². The van der Waals surface area contributed by atoms with Crippen molar-refractivity contribution in [3.63, 3.8) is 0 Å². The fraction of sp³-hybridized carbons (Fsp3) is 0.206. The molecule has 0 radical (unpaired) electrons. The monoisotopic (exact) mass is 679 g/mol. The van der Waals surface area contributed by atoms with Crippen LogP contribution in [0.2, 0.25) is 0 Å². The van der Waals surface area contributed by atoms with Crippen molar-refractivity contribution in [1.82, 2.24) is 4.90 Å². The van der Waals surface area contributed by atoms with Gasteiger partial charge in [0.05, 0.1) is 39.1 Å². The average molecular weight is 681 g/mol. The topological polar surface area (TPSA) is 57.2 Å². The second-order valence-electron chi connectivity index (χ2n) is 9.24. The third-order valence-electron chi connectivity index (χ3n) is 6.51. The Labute approximate surface area is 270 Å². The van der Waals surface area contributed by atoms with Gasteiger partial charge in [0.2, 0.25) is 5.91 Å². The molecular weight excluding hydrogens is 646 g/mol. The third kappa shape index (κ3) is 8.98. The molecule has 0 fully saturated rings. The molecule has 9 heteroatoms. The maximum Gasteiger partial charge on any atom is 0.231 e. The summed E-state index contributed by atoms with van der Waals surface area (Å²) in [5.41, 5.74) is 1.75. The molecule has 0 aliphatic carbocycles. The molecule has 0 atom stereocenters. The predicted molar refractivity (Wildman–Crippen MR) is 179 cm³/mol. The summed E-state index contributed by atoms with van der Waals surface area (Å²) in [5, 5.41) is 0. The number of hydrogen-bond acceptors (Lipinski definition) is 7. The molecule has 4 aromatic rings. The Balaban J connectivity index is 1.71. The van der Waals surface area contributed by atoms with E-state index in [1.54, 1.807) is 56.9 Å². The number of carbonyl (C=O) groups is 1. The van der Waals surface area contributed by atoms with Gasteiger partial charge in [0, 0.05) is 32.6 Å². The highest BCUT2D eigenvalue weighted by Gasteiger charge is 2.21. The Hall–Kier alpha value is -3.53. The summed E-state index contributed by atoms with van der Waals surface area (Å²) in [6, 6.07) is 29.8. The van der Waals surface area contributed by atoms with Crippen LogP contribution < -0.4 is 18.9 Å². The quantitative estimate of drug-likeness (QED) is 0.124. The summed E-state index contributed by atoms with van der Waals surface area (Å²) in [6.45, 7) is 0.451. The third-order valence-corrected chi connectivity index (χ3v) is 9.39. The molecule has 0 aromatic heterocycles. The maximum absolute atomic E-state index is 14.1. The van der Waals surface area contributed by atoms with Crippen LogP contribution in [0.15, 0.2) is 116 Å². The van der Waals surface area contributed by atoms with E-state index in [9.17, 15) is 4.79 Å². The number of ether oxygens (including phenoxy) is 4. The summed E-state index contributed by atoms with van der Waals surface area (Å²) < 4.78 is 23.8. The molecular formula is C34H34BrNO5S2. The second kappa shape index (κ2) is 16.4. The number of amides is 1. The highest BCUT2D eigenvalue weighted by Crippen LogP contribution is 2.40. The highest BCUT2D eigenvalue weighted by molar-refractivity contribution is 9.10. The molecule has 224 valence electrons. The first-order valence-corrected chi connectivity index (χ1v) is 16.0. The molecule has 0 aliphatic heterocycles. The number of nitrogens with zero attached hydrogens (tertiary/aromatic N) is 1. The molecule has 0 N–H and O–H groups in total. The lowest BCUT2D eigenvalue weighted by atomic mass is 10.1. The fourth-order valence-electron chi connectivity index (χ4n) is 4.34. The van der Waals surface area contributed by atoms with Gasteiger partial charge in [-0.25, -0.2) is 0 Å². The van der Waals surface area contributed by atoms with Crippen LogP contribution in [-0.2, 0) is 17.6 Å². The van der Waals surface area contributed by atoms with E-state index in [0.29, 0.717) is 36.0 Å². The molecule has 6 nitrogen and oxygen atoms in total. The zero-order valence-corrected chi connectivity index (χ0v) is 27.8. The first kappa shape index (κ1) is 32.4. The molecule has 0 saturated heterocycles. The van der Waals surface area contributed by atoms with Crippen LogP contribution in [0.3, 0.4) is 0 Å². The number of carbonyl (C=O) groups excluding carboxylic acids is 1. The van der Waals surface area contributed by atoms with E-state index in [2.05, 4.69) is 40.2 Å². The van der Waals surface area contributed by atoms with Gasteiger partial charge in [0.1, 0.15) is 0 Å². The van der Waals surface area contributed by atoms with Gasteiger partial charge in [-0.2, -0.15) is 0 Å². The molecule has 0 heterocycles. The Morgan fingerprint density at radius 3 is 1.88 bits per heavy atom. The van der Waals surface area contributed by atoms with Crippen LogP contribution in [-0.4, -0.2) is 45.8 Å². The van der Waals surface area contributed by atoms with Crippen LogP contribution in [0.1, 0.15) is 11.1 Å². The number of methoxy groups -OCH3 is 4. The molecule has 1 amide bonds. The van der Waals surface area contributed by atoms with Crippen molar-refractivity contribution in [3.8, 4) is 23.0 Å². The SMILES string of the molecule is COc1ccc(CCN(C=C(Sc2ccccc2)Sc2ccccc2)C(=O)Cc2c(Br)ccc(OC)c2OC)cc1OC. The van der Waals surface area contributed by atoms with Gasteiger partial charge in [0.25, 0.3) is 0 Å². The van der Waals surface area contributed by atoms with Gasteiger partial charge in [-0.05, 0) is 60.5 Å². The summed E-state index contributed by atoms with van der Waals surface area (Å²) in [7, 11) is 6.40. The number of hydrogen-bond donors (Lipinski definition) is 0. The summed E-state index contributed by atoms with van der Waals surface area (Å²) in [5.74, 6) is 2.34. The van der Waals surface area contributed by atoms with Crippen molar-refractivity contribution in [3.05, 3.63) is 117 Å². The largest absolute Gasteiger partial charge is 0.493 e. The smallest absolute Gasteiger partial charge is 0.231 e. The lowest BCUT2D eigenvalue weighted by Gasteiger charge is -2.22. The predicted octanol–water partition coefficient (Wildman–Crippen LogP) is 8.48. The van der Waals surface area contributed by atoms with E-state index in [4.69, 9.17) is 18.9 Å². The van der Waals surface area contributed by atoms with Crippen LogP contribution in [0.25, 0.3) is 0 Å². The number of halogens is 1. The Morgan fingerprint density at radius 1 is 0.744 bits per heavy atom. The Bertz CT molecular complexity index is 1490. The highest BCUT2D eigenvalue weighted by atomic mass is 79.9. The minimum absolute atomic E-state index is 0.0763. The second-order valence-corrected chi connectivity index (χ2v) is 12.6. The van der Waals surface area contributed by atoms with Gasteiger partial charge < -0.3 is 23.8 Å². The van der Waals surface area contributed by atoms with E-state index in [0.717, 1.165) is 29.6 Å². The Morgan fingerprint density at radius 2 is 1.33 bits per heavy atom. The molecule has 0 saturated carbocycles. The van der Waals surface area contributed by atoms with E-state index in [1.165, 1.54) is 0 Å². The standard InChI is InChI=1S/C34H34BrNO5S2/c1-38-29-17-15-24(21-31(29)40-3)19-20-36(32(37)22-27-28(35)16-18-30(39-2)34(27)41-4)23-33(42-25-11-7-5-8-12-25)43-26-13-9-6-10-14-26/h5-18,21,23H,19-20,22H2,1-4H3. The molecule has 43 heavy (non-hydrogen) atoms. The lowest BCUT2D eigenvalue weighted by molar-refractivity contribution is -0.127. The normalized spacial score (nSPS) is 10.5. The molecule has 4 rings (SSSR count). The van der Waals surface area contributed by atoms with Crippen LogP contribution >= 0.6 is 39.5 Å². The van der Waals surface area contributed by atoms with Crippen molar-refractivity contribution in [1.29, 1.82) is 0 Å². The summed E-state index contributed by atoms with van der Waals surface area (Å²) in [6.07, 6.45) is 2.68. The molecule has 0 aliphatic rings. The summed E-state index contributed by atoms with van der Waals surface area (Å²) >= 11 is 6.87. The Kier molecular flexibility index (Phi) is 12.3. The van der Waals surface area contributed by atoms with Crippen molar-refractivity contribution in [2.45, 2.75) is 22.6 Å². The van der Waals surface area contributed by atoms with E-state index < -0.39 is 0 Å². The van der Waals surface area contributed by atoms with Gasteiger partial charge in [-0.3, -0.25) is 4.79 Å². The van der Waals surface area contributed by atoms with Gasteiger partial charge in [-0.1, -0.05) is 81.9 Å². The van der Waals surface area contributed by atoms with Crippen LogP contribution in [0.5, 0.6) is 23.0 Å². The minimum atomic E-state index is -0.0763. The lowest BCUT2D eigenvalue weighted by Crippen LogP contribution is -2.30. The zero-order chi connectivity index (χ0) is 30.6. The first-order valence-electron chi connectivity index (χ1n) is 13.5. The number of thioether (sulfide) groups is 2. The average Bonchev–Trinajstić information content (AvgIpc) is 3.04. The number of benzene rings is 4. The van der Waals surface area contributed by atoms with E-state index >= 15 is 0 Å². The van der Waals surface area contributed by atoms with Crippen molar-refractivity contribution in [2.24, 2.45) is 0 Å². The molecule has 0 bridgehead atoms. The van der Waals surface area contributed by atoms with Crippen molar-refractivity contribution < 1.29 is 23.7 Å². The minimum Gasteiger partial charge on any atom is -0.493 e. The van der Waals surface area contributed by atoms with Crippen LogP contribution in [0, 0.1) is 0 Å². The molecule has 4 aromatic carbocycles. The molecule has 0 spiro atoms. The van der Waals surface area contributed by atoms with Crippen LogP contribution in [0.4, 0.5) is 0 Å². The van der Waals surface area contributed by atoms with Gasteiger partial charge in [0.15, 0.2) is 23.0 Å². The summed E-state index contributed by atoms with van der Waals surface area (Å²) in [4.78, 5) is 18.1. The molecule has 0 unspecified atom stereocenters. The van der Waals surface area contributed by atoms with Crippen molar-refractivity contribution >= 4 is 45.4 Å². The maximum atomic E-state index is 14.1. The fourth-order valence-corrected chi connectivity index (χ4v) is 6.95. The first-order chi connectivity index (χ1) is 20.9. The zero-order valence-electron chi connectivity index (χ0n) is 24.5. The van der Waals surface area contributed by atoms with E-state index in [-0.39, 0.29) is 12.3 Å². The van der Waals surface area contributed by atoms with Crippen molar-refractivity contribution in [2.75, 3.05) is 35.0 Å².